The Morgan fingerprint density at radius 1 is 1.57 bits per heavy atom. The zero-order chi connectivity index (χ0) is 10.7. The zero-order valence-electron chi connectivity index (χ0n) is 7.45. The van der Waals surface area contributed by atoms with E-state index in [0.717, 1.165) is 10.0 Å². The maximum Gasteiger partial charge on any atom is 0.511 e. The van der Waals surface area contributed by atoms with E-state index in [-0.39, 0.29) is 12.4 Å². The van der Waals surface area contributed by atoms with Gasteiger partial charge >= 0.3 is 6.16 Å². The molecule has 0 aliphatic carbocycles. The second kappa shape index (κ2) is 4.43. The molecular formula is C9H9BrO4. The van der Waals surface area contributed by atoms with Crippen molar-refractivity contribution in [1.82, 2.24) is 0 Å². The number of rotatable bonds is 2. The molecule has 1 aromatic carbocycles. The lowest BCUT2D eigenvalue weighted by molar-refractivity contribution is 0.143. The molecule has 0 aliphatic heterocycles. The molecule has 0 heterocycles. The molecule has 14 heavy (non-hydrogen) atoms. The van der Waals surface area contributed by atoms with Crippen molar-refractivity contribution >= 4 is 22.1 Å². The van der Waals surface area contributed by atoms with Crippen LogP contribution in [-0.2, 0) is 6.61 Å². The van der Waals surface area contributed by atoms with E-state index in [0.29, 0.717) is 5.56 Å². The fourth-order valence-electron chi connectivity index (χ4n) is 1.01. The molecule has 2 N–H and O–H groups in total. The van der Waals surface area contributed by atoms with Crippen molar-refractivity contribution in [2.75, 3.05) is 0 Å². The van der Waals surface area contributed by atoms with Gasteiger partial charge in [-0.3, -0.25) is 0 Å². The van der Waals surface area contributed by atoms with Crippen LogP contribution in [0.3, 0.4) is 0 Å². The minimum atomic E-state index is -1.39. The maximum absolute atomic E-state index is 10.3. The summed E-state index contributed by atoms with van der Waals surface area (Å²) in [5.41, 5.74) is 1.28. The topological polar surface area (TPSA) is 66.8 Å². The van der Waals surface area contributed by atoms with Crippen molar-refractivity contribution < 1.29 is 19.7 Å². The molecule has 1 aromatic rings. The maximum atomic E-state index is 10.3. The van der Waals surface area contributed by atoms with Gasteiger partial charge in [0.1, 0.15) is 5.75 Å². The van der Waals surface area contributed by atoms with Crippen LogP contribution in [0, 0.1) is 6.92 Å². The third-order valence-corrected chi connectivity index (χ3v) is 2.56. The molecule has 0 aliphatic rings. The average molecular weight is 261 g/mol. The van der Waals surface area contributed by atoms with Gasteiger partial charge in [-0.15, -0.1) is 0 Å². The fourth-order valence-corrected chi connectivity index (χ4v) is 1.40. The second-order valence-electron chi connectivity index (χ2n) is 2.74. The van der Waals surface area contributed by atoms with E-state index in [9.17, 15) is 4.79 Å². The summed E-state index contributed by atoms with van der Waals surface area (Å²) < 4.78 is 5.31. The van der Waals surface area contributed by atoms with E-state index in [2.05, 4.69) is 20.7 Å². The van der Waals surface area contributed by atoms with Crippen molar-refractivity contribution in [2.45, 2.75) is 13.5 Å². The number of aliphatic hydroxyl groups is 1. The lowest BCUT2D eigenvalue weighted by Crippen LogP contribution is -2.05. The Bertz CT molecular complexity index is 362. The third-order valence-electron chi connectivity index (χ3n) is 1.71. The smallest absolute Gasteiger partial charge is 0.449 e. The van der Waals surface area contributed by atoms with Crippen LogP contribution in [0.4, 0.5) is 4.79 Å². The molecule has 1 rings (SSSR count). The van der Waals surface area contributed by atoms with E-state index in [4.69, 9.17) is 10.2 Å². The summed E-state index contributed by atoms with van der Waals surface area (Å²) in [7, 11) is 0. The lowest BCUT2D eigenvalue weighted by atomic mass is 10.1. The predicted octanol–water partition coefficient (Wildman–Crippen LogP) is 2.31. The molecule has 0 bridgehead atoms. The van der Waals surface area contributed by atoms with E-state index in [1.165, 1.54) is 0 Å². The van der Waals surface area contributed by atoms with Crippen LogP contribution in [0.5, 0.6) is 5.75 Å². The number of aryl methyl sites for hydroxylation is 1. The first-order chi connectivity index (χ1) is 6.54. The highest BCUT2D eigenvalue weighted by atomic mass is 79.9. The Kier molecular flexibility index (Phi) is 3.49. The van der Waals surface area contributed by atoms with Crippen LogP contribution in [0.25, 0.3) is 0 Å². The molecule has 0 spiro atoms. The Labute approximate surface area is 89.3 Å². The number of ether oxygens (including phenoxy) is 1. The lowest BCUT2D eigenvalue weighted by Gasteiger charge is -2.08. The van der Waals surface area contributed by atoms with E-state index >= 15 is 0 Å². The van der Waals surface area contributed by atoms with Gasteiger partial charge in [0.25, 0.3) is 0 Å². The highest BCUT2D eigenvalue weighted by Crippen LogP contribution is 2.27. The zero-order valence-corrected chi connectivity index (χ0v) is 9.04. The minimum absolute atomic E-state index is 0.167. The first-order valence-electron chi connectivity index (χ1n) is 3.85. The largest absolute Gasteiger partial charge is 0.511 e. The Morgan fingerprint density at radius 3 is 2.71 bits per heavy atom. The summed E-state index contributed by atoms with van der Waals surface area (Å²) in [5, 5.41) is 17.4. The van der Waals surface area contributed by atoms with Crippen LogP contribution in [0.1, 0.15) is 11.1 Å². The quantitative estimate of drug-likeness (QED) is 0.633. The van der Waals surface area contributed by atoms with Crippen molar-refractivity contribution in [3.63, 3.8) is 0 Å². The Morgan fingerprint density at radius 2 is 2.21 bits per heavy atom. The van der Waals surface area contributed by atoms with Gasteiger partial charge in [-0.05, 0) is 24.6 Å². The fraction of sp³-hybridized carbons (Fsp3) is 0.222. The second-order valence-corrected chi connectivity index (χ2v) is 3.59. The SMILES string of the molecule is Cc1cc(OC(=O)O)c(CO)cc1Br. The first kappa shape index (κ1) is 11.0. The van der Waals surface area contributed by atoms with Gasteiger partial charge in [0.15, 0.2) is 0 Å². The van der Waals surface area contributed by atoms with Crippen molar-refractivity contribution in [1.29, 1.82) is 0 Å². The molecule has 0 aromatic heterocycles. The summed E-state index contributed by atoms with van der Waals surface area (Å²) in [4.78, 5) is 10.3. The average Bonchev–Trinajstić information content (AvgIpc) is 2.10. The van der Waals surface area contributed by atoms with Gasteiger partial charge in [-0.25, -0.2) is 4.79 Å². The van der Waals surface area contributed by atoms with E-state index in [1.54, 1.807) is 19.1 Å². The van der Waals surface area contributed by atoms with Gasteiger partial charge in [0, 0.05) is 10.0 Å². The number of halogens is 1. The number of hydrogen-bond acceptors (Lipinski definition) is 3. The van der Waals surface area contributed by atoms with Gasteiger partial charge in [0.05, 0.1) is 6.61 Å². The molecule has 0 saturated heterocycles. The highest BCUT2D eigenvalue weighted by molar-refractivity contribution is 9.10. The number of benzene rings is 1. The summed E-state index contributed by atoms with van der Waals surface area (Å²) in [5.74, 6) is 0.167. The molecule has 76 valence electrons. The van der Waals surface area contributed by atoms with Crippen LogP contribution >= 0.6 is 15.9 Å². The van der Waals surface area contributed by atoms with Crippen LogP contribution < -0.4 is 4.74 Å². The molecule has 4 nitrogen and oxygen atoms in total. The highest BCUT2D eigenvalue weighted by Gasteiger charge is 2.09. The number of carboxylic acid groups (broad SMARTS) is 1. The molecule has 0 radical (unpaired) electrons. The molecule has 5 heteroatoms. The molecule has 0 fully saturated rings. The summed E-state index contributed by atoms with van der Waals surface area (Å²) in [6, 6.07) is 3.19. The Hall–Kier alpha value is -1.07. The normalized spacial score (nSPS) is 9.93. The summed E-state index contributed by atoms with van der Waals surface area (Å²) in [6.45, 7) is 1.54. The van der Waals surface area contributed by atoms with Crippen LogP contribution in [-0.4, -0.2) is 16.4 Å². The molecular weight excluding hydrogens is 252 g/mol. The first-order valence-corrected chi connectivity index (χ1v) is 4.64. The monoisotopic (exact) mass is 260 g/mol. The van der Waals surface area contributed by atoms with Crippen LogP contribution in [0.15, 0.2) is 16.6 Å². The number of hydrogen-bond donors (Lipinski definition) is 2. The van der Waals surface area contributed by atoms with E-state index < -0.39 is 6.16 Å². The molecule has 0 amide bonds. The molecule has 0 saturated carbocycles. The minimum Gasteiger partial charge on any atom is -0.449 e. The number of aliphatic hydroxyl groups excluding tert-OH is 1. The molecule has 0 unspecified atom stereocenters. The van der Waals surface area contributed by atoms with Crippen LogP contribution in [0.2, 0.25) is 0 Å². The summed E-state index contributed by atoms with van der Waals surface area (Å²) >= 11 is 3.27. The van der Waals surface area contributed by atoms with Gasteiger partial charge in [0.2, 0.25) is 0 Å². The molecule has 0 atom stereocenters. The third kappa shape index (κ3) is 2.46. The van der Waals surface area contributed by atoms with Gasteiger partial charge in [-0.1, -0.05) is 15.9 Å². The van der Waals surface area contributed by atoms with Gasteiger partial charge in [-0.2, -0.15) is 0 Å². The predicted molar refractivity (Wildman–Crippen MR) is 53.5 cm³/mol. The van der Waals surface area contributed by atoms with Gasteiger partial charge < -0.3 is 14.9 Å². The van der Waals surface area contributed by atoms with Crippen molar-refractivity contribution in [3.8, 4) is 5.75 Å². The number of carbonyl (C=O) groups is 1. The van der Waals surface area contributed by atoms with E-state index in [1.807, 2.05) is 0 Å². The summed E-state index contributed by atoms with van der Waals surface area (Å²) in [6.07, 6.45) is -1.39. The standard InChI is InChI=1S/C9H9BrO4/c1-5-2-8(14-9(12)13)6(4-11)3-7(5)10/h2-3,11H,4H2,1H3,(H,12,13). The Balaban J connectivity index is 3.13. The van der Waals surface area contributed by atoms with Crippen molar-refractivity contribution in [3.05, 3.63) is 27.7 Å². The van der Waals surface area contributed by atoms with Crippen molar-refractivity contribution in [2.24, 2.45) is 0 Å².